The van der Waals surface area contributed by atoms with E-state index in [0.717, 1.165) is 5.56 Å². The number of hydrogen-bond acceptors (Lipinski definition) is 6. The van der Waals surface area contributed by atoms with Crippen molar-refractivity contribution < 1.29 is 24.3 Å². The zero-order valence-electron chi connectivity index (χ0n) is 14.8. The van der Waals surface area contributed by atoms with Crippen molar-refractivity contribution in [1.29, 1.82) is 0 Å². The predicted octanol–water partition coefficient (Wildman–Crippen LogP) is -1.32. The van der Waals surface area contributed by atoms with Crippen LogP contribution < -0.4 is 21.7 Å². The fourth-order valence-corrected chi connectivity index (χ4v) is 2.44. The van der Waals surface area contributed by atoms with Crippen LogP contribution >= 0.6 is 12.6 Å². The molecular formula is C17H24N4O5S. The van der Waals surface area contributed by atoms with Crippen LogP contribution in [0.2, 0.25) is 0 Å². The molecule has 10 heteroatoms. The minimum absolute atomic E-state index is 0.0488. The summed E-state index contributed by atoms with van der Waals surface area (Å²) in [6.07, 6.45) is 0.0953. The van der Waals surface area contributed by atoms with Crippen LogP contribution in [0.25, 0.3) is 0 Å². The van der Waals surface area contributed by atoms with Gasteiger partial charge in [0.1, 0.15) is 18.1 Å². The number of nitrogens with one attached hydrogen (secondary N) is 3. The number of hydrogen-bond donors (Lipinski definition) is 6. The van der Waals surface area contributed by atoms with Gasteiger partial charge >= 0.3 is 5.97 Å². The molecule has 0 aromatic heterocycles. The van der Waals surface area contributed by atoms with Crippen molar-refractivity contribution in [1.82, 2.24) is 16.0 Å². The van der Waals surface area contributed by atoms with Crippen molar-refractivity contribution >= 4 is 36.3 Å². The highest BCUT2D eigenvalue weighted by atomic mass is 32.1. The van der Waals surface area contributed by atoms with E-state index in [4.69, 9.17) is 5.73 Å². The molecule has 0 aliphatic heterocycles. The van der Waals surface area contributed by atoms with Crippen molar-refractivity contribution in [3.05, 3.63) is 35.9 Å². The Bertz CT molecular complexity index is 671. The lowest BCUT2D eigenvalue weighted by atomic mass is 10.1. The summed E-state index contributed by atoms with van der Waals surface area (Å²) >= 11 is 4.03. The van der Waals surface area contributed by atoms with E-state index < -0.39 is 41.8 Å². The lowest BCUT2D eigenvalue weighted by Gasteiger charge is -2.22. The number of carbonyl (C=O) groups is 4. The number of amides is 3. The molecule has 0 aliphatic carbocycles. The van der Waals surface area contributed by atoms with E-state index in [0.29, 0.717) is 0 Å². The van der Waals surface area contributed by atoms with Gasteiger partial charge in [0.05, 0.1) is 6.54 Å². The first-order valence-corrected chi connectivity index (χ1v) is 8.89. The van der Waals surface area contributed by atoms with Crippen molar-refractivity contribution in [3.63, 3.8) is 0 Å². The van der Waals surface area contributed by atoms with E-state index in [-0.39, 0.29) is 18.7 Å². The monoisotopic (exact) mass is 396 g/mol. The minimum atomic E-state index is -1.19. The molecule has 3 amide bonds. The zero-order chi connectivity index (χ0) is 20.4. The fourth-order valence-electron chi connectivity index (χ4n) is 2.18. The van der Waals surface area contributed by atoms with Crippen LogP contribution in [0.3, 0.4) is 0 Å². The van der Waals surface area contributed by atoms with Gasteiger partial charge in [0.2, 0.25) is 17.7 Å². The van der Waals surface area contributed by atoms with Gasteiger partial charge in [-0.15, -0.1) is 0 Å². The first-order chi connectivity index (χ1) is 12.8. The molecule has 6 N–H and O–H groups in total. The van der Waals surface area contributed by atoms with Gasteiger partial charge in [0.25, 0.3) is 0 Å². The van der Waals surface area contributed by atoms with Crippen LogP contribution in [-0.2, 0) is 25.6 Å². The molecule has 0 aliphatic rings. The molecule has 148 valence electrons. The van der Waals surface area contributed by atoms with Crippen LogP contribution in [0, 0.1) is 0 Å². The Labute approximate surface area is 162 Å². The maximum Gasteiger partial charge on any atom is 0.326 e. The minimum Gasteiger partial charge on any atom is -0.480 e. The Kier molecular flexibility index (Phi) is 9.31. The van der Waals surface area contributed by atoms with E-state index in [2.05, 4.69) is 28.6 Å². The van der Waals surface area contributed by atoms with Gasteiger partial charge in [-0.3, -0.25) is 14.4 Å². The smallest absolute Gasteiger partial charge is 0.326 e. The maximum atomic E-state index is 12.4. The highest BCUT2D eigenvalue weighted by Gasteiger charge is 2.27. The lowest BCUT2D eigenvalue weighted by molar-refractivity contribution is -0.142. The number of benzene rings is 1. The first-order valence-electron chi connectivity index (χ1n) is 8.26. The van der Waals surface area contributed by atoms with E-state index in [1.165, 1.54) is 6.92 Å². The molecule has 0 heterocycles. The summed E-state index contributed by atoms with van der Waals surface area (Å²) in [7, 11) is 0. The second-order valence-corrected chi connectivity index (χ2v) is 6.19. The van der Waals surface area contributed by atoms with E-state index in [1.807, 2.05) is 0 Å². The molecule has 3 unspecified atom stereocenters. The van der Waals surface area contributed by atoms with Crippen LogP contribution in [0.15, 0.2) is 30.3 Å². The van der Waals surface area contributed by atoms with Gasteiger partial charge in [0.15, 0.2) is 0 Å². The van der Waals surface area contributed by atoms with Gasteiger partial charge in [-0.25, -0.2) is 4.79 Å². The number of carboxylic acid groups (broad SMARTS) is 1. The summed E-state index contributed by atoms with van der Waals surface area (Å²) in [6, 6.07) is 5.71. The number of carbonyl (C=O) groups excluding carboxylic acids is 3. The predicted molar refractivity (Wildman–Crippen MR) is 102 cm³/mol. The van der Waals surface area contributed by atoms with Gasteiger partial charge in [-0.2, -0.15) is 12.6 Å². The maximum absolute atomic E-state index is 12.4. The average Bonchev–Trinajstić information content (AvgIpc) is 2.65. The third kappa shape index (κ3) is 7.67. The fraction of sp³-hybridized carbons (Fsp3) is 0.412. The molecular weight excluding hydrogens is 372 g/mol. The van der Waals surface area contributed by atoms with Crippen molar-refractivity contribution in [2.24, 2.45) is 5.73 Å². The molecule has 0 fully saturated rings. The Morgan fingerprint density at radius 2 is 1.63 bits per heavy atom. The van der Waals surface area contributed by atoms with E-state index in [1.54, 1.807) is 30.3 Å². The largest absolute Gasteiger partial charge is 0.480 e. The van der Waals surface area contributed by atoms with Gasteiger partial charge in [-0.1, -0.05) is 30.3 Å². The van der Waals surface area contributed by atoms with Crippen molar-refractivity contribution in [2.45, 2.75) is 31.5 Å². The summed E-state index contributed by atoms with van der Waals surface area (Å²) in [4.78, 5) is 47.1. The number of nitrogens with two attached hydrogens (primary N) is 1. The molecule has 1 rings (SSSR count). The Morgan fingerprint density at radius 3 is 2.15 bits per heavy atom. The molecule has 1 aromatic carbocycles. The van der Waals surface area contributed by atoms with Gasteiger partial charge in [0, 0.05) is 12.2 Å². The summed E-state index contributed by atoms with van der Waals surface area (Å²) in [6.45, 7) is 1.17. The second kappa shape index (κ2) is 11.2. The van der Waals surface area contributed by atoms with Crippen molar-refractivity contribution in [2.75, 3.05) is 12.3 Å². The number of carboxylic acids is 1. The van der Waals surface area contributed by atoms with Crippen LogP contribution in [0.4, 0.5) is 0 Å². The SMILES string of the molecule is CC(NC(=O)CN)C(=O)NC(CS)C(=O)NC(Cc1ccccc1)C(=O)O. The number of aliphatic carboxylic acids is 1. The highest BCUT2D eigenvalue weighted by molar-refractivity contribution is 7.80. The molecule has 27 heavy (non-hydrogen) atoms. The molecule has 0 spiro atoms. The normalized spacial score (nSPS) is 13.7. The number of rotatable bonds is 10. The molecule has 1 aromatic rings. The summed E-state index contributed by atoms with van der Waals surface area (Å²) < 4.78 is 0. The Morgan fingerprint density at radius 1 is 1.04 bits per heavy atom. The lowest BCUT2D eigenvalue weighted by Crippen LogP contribution is -2.56. The molecule has 0 saturated heterocycles. The summed E-state index contributed by atoms with van der Waals surface area (Å²) in [5.74, 6) is -3.05. The average molecular weight is 396 g/mol. The standard InChI is InChI=1S/C17H24N4O5S/c1-10(19-14(22)8-18)15(23)21-13(9-27)16(24)20-12(17(25)26)7-11-5-3-2-4-6-11/h2-6,10,12-13,27H,7-9,18H2,1H3,(H,19,22)(H,20,24)(H,21,23)(H,25,26). The highest BCUT2D eigenvalue weighted by Crippen LogP contribution is 2.04. The van der Waals surface area contributed by atoms with Crippen LogP contribution in [0.5, 0.6) is 0 Å². The van der Waals surface area contributed by atoms with Gasteiger partial charge < -0.3 is 26.8 Å². The molecule has 0 bridgehead atoms. The molecule has 0 radical (unpaired) electrons. The zero-order valence-corrected chi connectivity index (χ0v) is 15.7. The van der Waals surface area contributed by atoms with Crippen LogP contribution in [0.1, 0.15) is 12.5 Å². The molecule has 9 nitrogen and oxygen atoms in total. The molecule has 3 atom stereocenters. The first kappa shape index (κ1) is 22.5. The van der Waals surface area contributed by atoms with Gasteiger partial charge in [-0.05, 0) is 12.5 Å². The summed E-state index contributed by atoms with van der Waals surface area (Å²) in [5.41, 5.74) is 5.91. The Balaban J connectivity index is 2.70. The van der Waals surface area contributed by atoms with Crippen LogP contribution in [-0.4, -0.2) is 59.2 Å². The van der Waals surface area contributed by atoms with Crippen molar-refractivity contribution in [3.8, 4) is 0 Å². The number of thiol groups is 1. The Hall–Kier alpha value is -2.59. The third-order valence-corrected chi connectivity index (χ3v) is 4.03. The van der Waals surface area contributed by atoms with E-state index >= 15 is 0 Å². The quantitative estimate of drug-likeness (QED) is 0.270. The summed E-state index contributed by atoms with van der Waals surface area (Å²) in [5, 5.41) is 16.5. The second-order valence-electron chi connectivity index (χ2n) is 5.83. The molecule has 0 saturated carbocycles. The van der Waals surface area contributed by atoms with E-state index in [9.17, 15) is 24.3 Å². The topological polar surface area (TPSA) is 151 Å². The third-order valence-electron chi connectivity index (χ3n) is 3.67.